The lowest BCUT2D eigenvalue weighted by atomic mass is 9.81. The van der Waals surface area contributed by atoms with Crippen LogP contribution in [0.3, 0.4) is 0 Å². The van der Waals surface area contributed by atoms with Gasteiger partial charge in [-0.15, -0.1) is 0 Å². The van der Waals surface area contributed by atoms with E-state index in [0.717, 1.165) is 29.7 Å². The standard InChI is InChI=1S/C15H28BN/c1-10(2)9-17(15(16)11(3)4)14-6-5-12-7-13(12)8-14/h5,10-11,13-15H,6-9,16H2,1-4H3/t13-,14+,15?/m0/s1. The van der Waals surface area contributed by atoms with Crippen molar-refractivity contribution in [2.45, 2.75) is 58.9 Å². The summed E-state index contributed by atoms with van der Waals surface area (Å²) in [6, 6.07) is 0.811. The number of allylic oxidation sites excluding steroid dienone is 1. The first-order valence-electron chi connectivity index (χ1n) is 7.43. The molecule has 2 aliphatic rings. The Labute approximate surface area is 108 Å². The van der Waals surface area contributed by atoms with E-state index in [2.05, 4.69) is 46.5 Å². The van der Waals surface area contributed by atoms with Gasteiger partial charge in [0.15, 0.2) is 0 Å². The molecule has 1 unspecified atom stereocenters. The van der Waals surface area contributed by atoms with Crippen molar-refractivity contribution in [1.29, 1.82) is 0 Å². The maximum Gasteiger partial charge on any atom is 0.124 e. The number of nitrogens with zero attached hydrogens (tertiary/aromatic N) is 1. The SMILES string of the molecule is BC(C(C)C)N(CC(C)C)[C@@H]1CC=C2C[C@H]2C1. The first kappa shape index (κ1) is 13.2. The number of rotatable bonds is 5. The van der Waals surface area contributed by atoms with E-state index in [0.29, 0.717) is 0 Å². The Balaban J connectivity index is 2.01. The molecule has 0 aliphatic heterocycles. The second-order valence-electron chi connectivity index (χ2n) is 6.88. The summed E-state index contributed by atoms with van der Waals surface area (Å²) in [5, 5.41) is 0. The van der Waals surface area contributed by atoms with Crippen LogP contribution >= 0.6 is 0 Å². The first-order chi connectivity index (χ1) is 7.99. The average molecular weight is 233 g/mol. The number of hydrogen-bond acceptors (Lipinski definition) is 1. The van der Waals surface area contributed by atoms with Gasteiger partial charge in [0.2, 0.25) is 0 Å². The summed E-state index contributed by atoms with van der Waals surface area (Å²) in [5.41, 5.74) is 1.75. The summed E-state index contributed by atoms with van der Waals surface area (Å²) in [5.74, 6) is 3.22. The molecule has 0 aromatic rings. The van der Waals surface area contributed by atoms with Crippen LogP contribution in [0.4, 0.5) is 0 Å². The van der Waals surface area contributed by atoms with Crippen molar-refractivity contribution >= 4 is 7.85 Å². The molecule has 2 heteroatoms. The van der Waals surface area contributed by atoms with Crippen molar-refractivity contribution < 1.29 is 0 Å². The van der Waals surface area contributed by atoms with E-state index in [1.807, 2.05) is 0 Å². The lowest BCUT2D eigenvalue weighted by molar-refractivity contribution is 0.121. The van der Waals surface area contributed by atoms with Gasteiger partial charge in [0.25, 0.3) is 0 Å². The van der Waals surface area contributed by atoms with Crippen LogP contribution in [-0.2, 0) is 0 Å². The summed E-state index contributed by atoms with van der Waals surface area (Å²) in [4.78, 5) is 2.79. The molecule has 1 nitrogen and oxygen atoms in total. The predicted octanol–water partition coefficient (Wildman–Crippen LogP) is 2.67. The van der Waals surface area contributed by atoms with Crippen molar-refractivity contribution in [2.24, 2.45) is 17.8 Å². The predicted molar refractivity (Wildman–Crippen MR) is 77.9 cm³/mol. The van der Waals surface area contributed by atoms with Gasteiger partial charge in [-0.3, -0.25) is 0 Å². The molecule has 0 N–H and O–H groups in total. The highest BCUT2D eigenvalue weighted by molar-refractivity contribution is 6.11. The van der Waals surface area contributed by atoms with Gasteiger partial charge in [0.1, 0.15) is 7.85 Å². The summed E-state index contributed by atoms with van der Waals surface area (Å²) in [6.07, 6.45) is 6.66. The maximum atomic E-state index is 2.79. The molecule has 0 aromatic carbocycles. The van der Waals surface area contributed by atoms with E-state index in [1.54, 1.807) is 5.57 Å². The Hall–Kier alpha value is -0.235. The highest BCUT2D eigenvalue weighted by atomic mass is 15.2. The van der Waals surface area contributed by atoms with Crippen molar-refractivity contribution in [3.63, 3.8) is 0 Å². The highest BCUT2D eigenvalue weighted by Gasteiger charge is 2.38. The molecule has 0 aromatic heterocycles. The van der Waals surface area contributed by atoms with E-state index < -0.39 is 0 Å². The zero-order valence-corrected chi connectivity index (χ0v) is 12.2. The van der Waals surface area contributed by atoms with Crippen molar-refractivity contribution in [3.05, 3.63) is 11.6 Å². The highest BCUT2D eigenvalue weighted by Crippen LogP contribution is 2.46. The summed E-state index contributed by atoms with van der Waals surface area (Å²) >= 11 is 0. The minimum Gasteiger partial charge on any atom is -0.305 e. The van der Waals surface area contributed by atoms with Gasteiger partial charge >= 0.3 is 0 Å². The Morgan fingerprint density at radius 1 is 1.35 bits per heavy atom. The van der Waals surface area contributed by atoms with Gasteiger partial charge in [-0.2, -0.15) is 0 Å². The van der Waals surface area contributed by atoms with Crippen LogP contribution in [0, 0.1) is 17.8 Å². The van der Waals surface area contributed by atoms with Gasteiger partial charge in [-0.05, 0) is 43.0 Å². The molecular weight excluding hydrogens is 205 g/mol. The van der Waals surface area contributed by atoms with Crippen LogP contribution in [0.2, 0.25) is 0 Å². The second-order valence-corrected chi connectivity index (χ2v) is 6.88. The molecule has 1 saturated carbocycles. The minimum atomic E-state index is 0.719. The molecule has 0 radical (unpaired) electrons. The molecule has 1 fully saturated rings. The Morgan fingerprint density at radius 2 is 2.06 bits per heavy atom. The maximum absolute atomic E-state index is 2.79. The van der Waals surface area contributed by atoms with Crippen molar-refractivity contribution in [2.75, 3.05) is 6.54 Å². The Morgan fingerprint density at radius 3 is 2.59 bits per heavy atom. The largest absolute Gasteiger partial charge is 0.305 e. The summed E-state index contributed by atoms with van der Waals surface area (Å²) in [7, 11) is 2.42. The van der Waals surface area contributed by atoms with E-state index in [1.165, 1.54) is 25.8 Å². The minimum absolute atomic E-state index is 0.719. The molecule has 17 heavy (non-hydrogen) atoms. The summed E-state index contributed by atoms with van der Waals surface area (Å²) in [6.45, 7) is 10.7. The molecule has 0 bridgehead atoms. The smallest absolute Gasteiger partial charge is 0.124 e. The topological polar surface area (TPSA) is 3.24 Å². The van der Waals surface area contributed by atoms with E-state index >= 15 is 0 Å². The van der Waals surface area contributed by atoms with Gasteiger partial charge in [-0.1, -0.05) is 39.3 Å². The quantitative estimate of drug-likeness (QED) is 0.521. The number of hydrogen-bond donors (Lipinski definition) is 0. The lowest BCUT2D eigenvalue weighted by Gasteiger charge is -2.40. The molecule has 0 saturated heterocycles. The van der Waals surface area contributed by atoms with Gasteiger partial charge in [0, 0.05) is 12.6 Å². The zero-order chi connectivity index (χ0) is 12.6. The van der Waals surface area contributed by atoms with Crippen molar-refractivity contribution in [1.82, 2.24) is 4.90 Å². The Bertz CT molecular complexity index is 295. The third-order valence-corrected chi connectivity index (χ3v) is 4.59. The van der Waals surface area contributed by atoms with E-state index in [-0.39, 0.29) is 0 Å². The van der Waals surface area contributed by atoms with Crippen LogP contribution in [0.25, 0.3) is 0 Å². The normalized spacial score (nSPS) is 29.5. The third-order valence-electron chi connectivity index (χ3n) is 4.59. The Kier molecular flexibility index (Phi) is 4.02. The van der Waals surface area contributed by atoms with Crippen LogP contribution in [0.5, 0.6) is 0 Å². The van der Waals surface area contributed by atoms with Crippen molar-refractivity contribution in [3.8, 4) is 0 Å². The number of fused-ring (bicyclic) bond motifs is 1. The fourth-order valence-corrected chi connectivity index (χ4v) is 3.15. The van der Waals surface area contributed by atoms with E-state index in [9.17, 15) is 0 Å². The molecule has 3 atom stereocenters. The van der Waals surface area contributed by atoms with Crippen LogP contribution < -0.4 is 0 Å². The van der Waals surface area contributed by atoms with Gasteiger partial charge < -0.3 is 4.90 Å². The lowest BCUT2D eigenvalue weighted by Crippen LogP contribution is -2.48. The fourth-order valence-electron chi connectivity index (χ4n) is 3.15. The monoisotopic (exact) mass is 233 g/mol. The van der Waals surface area contributed by atoms with Crippen LogP contribution in [0.1, 0.15) is 47.0 Å². The molecule has 2 rings (SSSR count). The average Bonchev–Trinajstić information content (AvgIpc) is 3.02. The molecule has 0 amide bonds. The second kappa shape index (κ2) is 5.18. The third kappa shape index (κ3) is 3.16. The van der Waals surface area contributed by atoms with Gasteiger partial charge in [0.05, 0.1) is 0 Å². The molecule has 0 spiro atoms. The van der Waals surface area contributed by atoms with Crippen LogP contribution in [0.15, 0.2) is 11.6 Å². The van der Waals surface area contributed by atoms with Crippen LogP contribution in [-0.4, -0.2) is 31.3 Å². The van der Waals surface area contributed by atoms with Gasteiger partial charge in [-0.25, -0.2) is 0 Å². The first-order valence-corrected chi connectivity index (χ1v) is 7.43. The van der Waals surface area contributed by atoms with E-state index in [4.69, 9.17) is 0 Å². The fraction of sp³-hybridized carbons (Fsp3) is 0.867. The zero-order valence-electron chi connectivity index (χ0n) is 12.2. The molecule has 0 heterocycles. The molecular formula is C15H28BN. The molecule has 96 valence electrons. The molecule has 2 aliphatic carbocycles. The summed E-state index contributed by atoms with van der Waals surface area (Å²) < 4.78 is 0.